The molecule has 0 aliphatic carbocycles. The molecule has 0 unspecified atom stereocenters. The third kappa shape index (κ3) is 3.69. The Balaban J connectivity index is 1.88. The molecule has 0 aliphatic rings. The largest absolute Gasteiger partial charge is 0.342 e. The van der Waals surface area contributed by atoms with E-state index in [1.165, 1.54) is 4.57 Å². The predicted octanol–water partition coefficient (Wildman–Crippen LogP) is 4.34. The van der Waals surface area contributed by atoms with Crippen molar-refractivity contribution in [1.82, 2.24) is 18.7 Å². The van der Waals surface area contributed by atoms with Crippen LogP contribution in [0.15, 0.2) is 101 Å². The fraction of sp³-hybridized carbons (Fsp3) is 0.148. The van der Waals surface area contributed by atoms with Gasteiger partial charge in [0.05, 0.1) is 11.4 Å². The topological polar surface area (TPSA) is 61.8 Å². The minimum Gasteiger partial charge on any atom is -0.322 e. The van der Waals surface area contributed by atoms with Gasteiger partial charge in [-0.2, -0.15) is 0 Å². The zero-order chi connectivity index (χ0) is 22.8. The lowest BCUT2D eigenvalue weighted by molar-refractivity contribution is 0.660. The quantitative estimate of drug-likeness (QED) is 0.398. The first-order valence-corrected chi connectivity index (χ1v) is 11.1. The Hall–Kier alpha value is -4.19. The molecular formula is C27H24N4O2. The molecule has 0 atom stereocenters. The van der Waals surface area contributed by atoms with Crippen molar-refractivity contribution in [2.24, 2.45) is 0 Å². The lowest BCUT2D eigenvalue weighted by Crippen LogP contribution is -2.39. The maximum atomic E-state index is 13.8. The number of nitrogens with zero attached hydrogens (tertiary/aromatic N) is 4. The summed E-state index contributed by atoms with van der Waals surface area (Å²) in [5.74, 6) is 0.769. The first kappa shape index (κ1) is 20.7. The molecule has 0 saturated heterocycles. The summed E-state index contributed by atoms with van der Waals surface area (Å²) in [7, 11) is 0. The highest BCUT2D eigenvalue weighted by Gasteiger charge is 2.23. The van der Waals surface area contributed by atoms with Gasteiger partial charge in [0.1, 0.15) is 5.82 Å². The summed E-state index contributed by atoms with van der Waals surface area (Å²) in [6.45, 7) is 2.71. The Morgan fingerprint density at radius 2 is 1.27 bits per heavy atom. The number of aryl methyl sites for hydroxylation is 1. The Kier molecular flexibility index (Phi) is 5.48. The highest BCUT2D eigenvalue weighted by molar-refractivity contribution is 5.74. The van der Waals surface area contributed by atoms with Gasteiger partial charge in [-0.3, -0.25) is 4.79 Å². The number of imidazole rings is 1. The molecule has 0 spiro atoms. The van der Waals surface area contributed by atoms with E-state index in [0.29, 0.717) is 35.5 Å². The Labute approximate surface area is 191 Å². The van der Waals surface area contributed by atoms with Crippen LogP contribution in [0.2, 0.25) is 0 Å². The van der Waals surface area contributed by atoms with Gasteiger partial charge >= 0.3 is 5.69 Å². The summed E-state index contributed by atoms with van der Waals surface area (Å²) in [6, 6.07) is 28.5. The van der Waals surface area contributed by atoms with E-state index in [-0.39, 0.29) is 5.56 Å². The summed E-state index contributed by atoms with van der Waals surface area (Å²) in [5.41, 5.74) is 2.35. The molecule has 5 rings (SSSR count). The van der Waals surface area contributed by atoms with Gasteiger partial charge in [-0.15, -0.1) is 0 Å². The number of benzene rings is 3. The molecule has 5 aromatic rings. The Morgan fingerprint density at radius 3 is 1.85 bits per heavy atom. The Bertz CT molecular complexity index is 1520. The van der Waals surface area contributed by atoms with Crippen LogP contribution in [-0.2, 0) is 13.0 Å². The molecule has 33 heavy (non-hydrogen) atoms. The van der Waals surface area contributed by atoms with Gasteiger partial charge in [-0.05, 0) is 36.2 Å². The van der Waals surface area contributed by atoms with Crippen molar-refractivity contribution in [3.63, 3.8) is 0 Å². The number of fused-ring (bicyclic) bond motifs is 1. The van der Waals surface area contributed by atoms with Gasteiger partial charge in [0.25, 0.3) is 5.56 Å². The Morgan fingerprint density at radius 1 is 0.727 bits per heavy atom. The van der Waals surface area contributed by atoms with E-state index in [1.807, 2.05) is 83.4 Å². The second kappa shape index (κ2) is 8.74. The minimum absolute atomic E-state index is 0.353. The number of rotatable bonds is 6. The van der Waals surface area contributed by atoms with Crippen molar-refractivity contribution in [2.45, 2.75) is 26.3 Å². The highest BCUT2D eigenvalue weighted by atomic mass is 16.2. The van der Waals surface area contributed by atoms with E-state index >= 15 is 0 Å². The van der Waals surface area contributed by atoms with Crippen LogP contribution in [0.3, 0.4) is 0 Å². The predicted molar refractivity (Wildman–Crippen MR) is 130 cm³/mol. The van der Waals surface area contributed by atoms with Crippen molar-refractivity contribution in [2.75, 3.05) is 0 Å². The summed E-state index contributed by atoms with van der Waals surface area (Å²) in [6.07, 6.45) is 1.41. The van der Waals surface area contributed by atoms with E-state index < -0.39 is 5.69 Å². The third-order valence-corrected chi connectivity index (χ3v) is 5.71. The van der Waals surface area contributed by atoms with Crippen LogP contribution in [0.25, 0.3) is 22.5 Å². The normalized spacial score (nSPS) is 11.2. The number of para-hydroxylation sites is 2. The second-order valence-corrected chi connectivity index (χ2v) is 7.94. The smallest absolute Gasteiger partial charge is 0.322 e. The zero-order valence-corrected chi connectivity index (χ0v) is 18.4. The lowest BCUT2D eigenvalue weighted by atomic mass is 10.1. The van der Waals surface area contributed by atoms with Crippen LogP contribution in [0.1, 0.15) is 24.7 Å². The molecule has 2 aromatic heterocycles. The fourth-order valence-corrected chi connectivity index (χ4v) is 4.23. The van der Waals surface area contributed by atoms with Crippen molar-refractivity contribution < 1.29 is 0 Å². The fourth-order valence-electron chi connectivity index (χ4n) is 4.23. The molecule has 6 nitrogen and oxygen atoms in total. The molecule has 0 aliphatic heterocycles. The van der Waals surface area contributed by atoms with Crippen molar-refractivity contribution in [1.29, 1.82) is 0 Å². The van der Waals surface area contributed by atoms with E-state index in [9.17, 15) is 9.59 Å². The molecular weight excluding hydrogens is 412 g/mol. The first-order chi connectivity index (χ1) is 16.2. The maximum Gasteiger partial charge on any atom is 0.342 e. The monoisotopic (exact) mass is 436 g/mol. The zero-order valence-electron chi connectivity index (χ0n) is 18.4. The van der Waals surface area contributed by atoms with Crippen molar-refractivity contribution in [3.05, 3.63) is 123 Å². The minimum atomic E-state index is -0.433. The molecule has 0 amide bonds. The third-order valence-electron chi connectivity index (χ3n) is 5.71. The van der Waals surface area contributed by atoms with Crippen LogP contribution in [0.5, 0.6) is 0 Å². The van der Waals surface area contributed by atoms with Crippen molar-refractivity contribution >= 4 is 11.2 Å². The van der Waals surface area contributed by atoms with Crippen LogP contribution in [-0.4, -0.2) is 18.7 Å². The molecule has 164 valence electrons. The van der Waals surface area contributed by atoms with Gasteiger partial charge in [0.15, 0.2) is 11.2 Å². The summed E-state index contributed by atoms with van der Waals surface area (Å²) in [5, 5.41) is 0. The molecule has 0 fully saturated rings. The van der Waals surface area contributed by atoms with E-state index in [0.717, 1.165) is 17.8 Å². The van der Waals surface area contributed by atoms with Crippen LogP contribution >= 0.6 is 0 Å². The van der Waals surface area contributed by atoms with Gasteiger partial charge in [0.2, 0.25) is 0 Å². The van der Waals surface area contributed by atoms with Gasteiger partial charge in [-0.25, -0.2) is 18.9 Å². The average Bonchev–Trinajstić information content (AvgIpc) is 3.19. The molecule has 2 heterocycles. The second-order valence-electron chi connectivity index (χ2n) is 7.94. The molecule has 0 bridgehead atoms. The summed E-state index contributed by atoms with van der Waals surface area (Å²) >= 11 is 0. The first-order valence-electron chi connectivity index (χ1n) is 11.1. The van der Waals surface area contributed by atoms with Crippen LogP contribution in [0.4, 0.5) is 0 Å². The van der Waals surface area contributed by atoms with Gasteiger partial charge in [0, 0.05) is 13.0 Å². The number of aromatic nitrogens is 4. The SMILES string of the molecule is CCCn1c(Cc2ccccc2)nc2c1c(=O)n(-c1ccccc1)c(=O)n2-c1ccccc1. The number of hydrogen-bond donors (Lipinski definition) is 0. The highest BCUT2D eigenvalue weighted by Crippen LogP contribution is 2.19. The van der Waals surface area contributed by atoms with E-state index in [1.54, 1.807) is 16.7 Å². The lowest BCUT2D eigenvalue weighted by Gasteiger charge is -2.13. The van der Waals surface area contributed by atoms with E-state index in [2.05, 4.69) is 6.92 Å². The maximum absolute atomic E-state index is 13.8. The molecule has 0 radical (unpaired) electrons. The molecule has 3 aromatic carbocycles. The van der Waals surface area contributed by atoms with Crippen molar-refractivity contribution in [3.8, 4) is 11.4 Å². The van der Waals surface area contributed by atoms with Crippen LogP contribution < -0.4 is 11.2 Å². The molecule has 0 N–H and O–H groups in total. The summed E-state index contributed by atoms with van der Waals surface area (Å²) in [4.78, 5) is 32.4. The molecule has 0 saturated carbocycles. The summed E-state index contributed by atoms with van der Waals surface area (Å²) < 4.78 is 4.77. The van der Waals surface area contributed by atoms with Crippen LogP contribution in [0, 0.1) is 0 Å². The van der Waals surface area contributed by atoms with Gasteiger partial charge in [-0.1, -0.05) is 73.7 Å². The standard InChI is InChI=1S/C27H24N4O2/c1-2-18-29-23(19-20-12-6-3-7-13-20)28-25-24(29)26(32)31(22-16-10-5-11-17-22)27(33)30(25)21-14-8-4-9-15-21/h3-17H,2,18-19H2,1H3. The van der Waals surface area contributed by atoms with E-state index in [4.69, 9.17) is 4.98 Å². The average molecular weight is 437 g/mol. The molecule has 6 heteroatoms. The van der Waals surface area contributed by atoms with Gasteiger partial charge < -0.3 is 4.57 Å². The number of hydrogen-bond acceptors (Lipinski definition) is 3.